The van der Waals surface area contributed by atoms with Gasteiger partial charge in [0.25, 0.3) is 0 Å². The average Bonchev–Trinajstić information content (AvgIpc) is 2.97. The number of nitrogens with zero attached hydrogens (tertiary/aromatic N) is 2. The monoisotopic (exact) mass is 597 g/mol. The lowest BCUT2D eigenvalue weighted by Gasteiger charge is -2.32. The number of carbonyl (C=O) groups excluding carboxylic acids is 2. The van der Waals surface area contributed by atoms with Crippen molar-refractivity contribution in [2.24, 2.45) is 4.99 Å². The summed E-state index contributed by atoms with van der Waals surface area (Å²) in [5.74, 6) is -0.000282. The van der Waals surface area contributed by atoms with Crippen LogP contribution in [0.3, 0.4) is 0 Å². The van der Waals surface area contributed by atoms with Gasteiger partial charge in [-0.1, -0.05) is 74.3 Å². The van der Waals surface area contributed by atoms with E-state index in [1.165, 1.54) is 23.5 Å². The lowest BCUT2D eigenvalue weighted by Crippen LogP contribution is -2.46. The smallest absolute Gasteiger partial charge is 0.416 e. The van der Waals surface area contributed by atoms with Crippen LogP contribution in [0.5, 0.6) is 5.75 Å². The molecule has 4 rings (SSSR count). The average molecular weight is 598 g/mol. The molecule has 2 amide bonds. The minimum absolute atomic E-state index is 0.0520. The molecule has 0 saturated carbocycles. The van der Waals surface area contributed by atoms with Gasteiger partial charge in [0, 0.05) is 18.7 Å². The summed E-state index contributed by atoms with van der Waals surface area (Å²) in [4.78, 5) is 32.4. The Morgan fingerprint density at radius 2 is 1.79 bits per heavy atom. The van der Waals surface area contributed by atoms with E-state index in [0.717, 1.165) is 48.7 Å². The molecule has 10 heteroatoms. The number of hydrogen-bond acceptors (Lipinski definition) is 5. The molecule has 1 N–H and O–H groups in total. The van der Waals surface area contributed by atoms with Gasteiger partial charge in [-0.15, -0.1) is 0 Å². The second kappa shape index (κ2) is 14.9. The normalized spacial score (nSPS) is 16.5. The second-order valence-corrected chi connectivity index (χ2v) is 11.1. The van der Waals surface area contributed by atoms with Gasteiger partial charge in [-0.2, -0.15) is 13.2 Å². The molecule has 0 radical (unpaired) electrons. The standard InChI is InChI=1S/C32H34F3N3O3S/c1-2-3-4-8-20-41-27-16-14-25(15-17-27)36-30(40)28-22-29(39)38(19-18-23-10-6-5-7-11-23)31(42-28)37-26-13-9-12-24(21-26)32(33,34)35/h5-7,9-17,21,28H,2-4,8,18-20,22H2,1H3,(H,36,40)/t28-/m1/s1. The predicted molar refractivity (Wildman–Crippen MR) is 161 cm³/mol. The quantitative estimate of drug-likeness (QED) is 0.216. The van der Waals surface area contributed by atoms with E-state index in [0.29, 0.717) is 24.5 Å². The molecule has 1 aliphatic heterocycles. The first kappa shape index (κ1) is 31.2. The van der Waals surface area contributed by atoms with Crippen molar-refractivity contribution >= 4 is 40.1 Å². The number of nitrogens with one attached hydrogen (secondary N) is 1. The third-order valence-corrected chi connectivity index (χ3v) is 7.87. The fourth-order valence-electron chi connectivity index (χ4n) is 4.39. The topological polar surface area (TPSA) is 71.0 Å². The maximum Gasteiger partial charge on any atom is 0.416 e. The SMILES string of the molecule is CCCCCCOc1ccc(NC(=O)[C@H]2CC(=O)N(CCc3ccccc3)C(=Nc3cccc(C(F)(F)F)c3)S2)cc1. The zero-order valence-corrected chi connectivity index (χ0v) is 24.2. The summed E-state index contributed by atoms with van der Waals surface area (Å²) < 4.78 is 45.7. The van der Waals surface area contributed by atoms with E-state index in [4.69, 9.17) is 4.74 Å². The fraction of sp³-hybridized carbons (Fsp3) is 0.344. The minimum atomic E-state index is -4.53. The number of rotatable bonds is 12. The van der Waals surface area contributed by atoms with Crippen LogP contribution >= 0.6 is 11.8 Å². The Kier molecular flexibility index (Phi) is 11.1. The molecule has 3 aromatic carbocycles. The van der Waals surface area contributed by atoms with Gasteiger partial charge in [-0.3, -0.25) is 14.5 Å². The number of hydrogen-bond donors (Lipinski definition) is 1. The van der Waals surface area contributed by atoms with E-state index in [1.54, 1.807) is 24.3 Å². The van der Waals surface area contributed by atoms with Crippen LogP contribution in [0.25, 0.3) is 0 Å². The summed E-state index contributed by atoms with van der Waals surface area (Å²) in [6, 6.07) is 21.2. The molecular formula is C32H34F3N3O3S. The van der Waals surface area contributed by atoms with E-state index < -0.39 is 17.0 Å². The number of thioether (sulfide) groups is 1. The molecule has 0 aromatic heterocycles. The highest BCUT2D eigenvalue weighted by molar-refractivity contribution is 8.15. The van der Waals surface area contributed by atoms with Gasteiger partial charge in [0.15, 0.2) is 5.17 Å². The first-order valence-corrected chi connectivity index (χ1v) is 14.9. The number of alkyl halides is 3. The summed E-state index contributed by atoms with van der Waals surface area (Å²) in [6.45, 7) is 3.06. The first-order chi connectivity index (χ1) is 20.2. The summed E-state index contributed by atoms with van der Waals surface area (Å²) in [5, 5.41) is 2.23. The van der Waals surface area contributed by atoms with Gasteiger partial charge >= 0.3 is 6.18 Å². The molecule has 1 aliphatic rings. The molecule has 0 aliphatic carbocycles. The number of ether oxygens (including phenoxy) is 1. The number of amides is 2. The molecule has 1 atom stereocenters. The van der Waals surface area contributed by atoms with Crippen LogP contribution in [0.2, 0.25) is 0 Å². The highest BCUT2D eigenvalue weighted by Crippen LogP contribution is 2.34. The zero-order valence-electron chi connectivity index (χ0n) is 23.4. The molecule has 0 bridgehead atoms. The summed E-state index contributed by atoms with van der Waals surface area (Å²) in [6.07, 6.45) is 0.356. The Bertz CT molecular complexity index is 1360. The van der Waals surface area contributed by atoms with Crippen molar-refractivity contribution in [2.75, 3.05) is 18.5 Å². The van der Waals surface area contributed by atoms with Crippen molar-refractivity contribution < 1.29 is 27.5 Å². The maximum absolute atomic E-state index is 13.3. The number of unbranched alkanes of at least 4 members (excludes halogenated alkanes) is 3. The van der Waals surface area contributed by atoms with Gasteiger partial charge in [-0.05, 0) is 60.9 Å². The Labute approximate surface area is 248 Å². The Hall–Kier alpha value is -3.79. The number of carbonyl (C=O) groups is 2. The van der Waals surface area contributed by atoms with Crippen molar-refractivity contribution in [3.05, 3.63) is 90.0 Å². The minimum Gasteiger partial charge on any atom is -0.494 e. The van der Waals surface area contributed by atoms with Gasteiger partial charge < -0.3 is 10.1 Å². The van der Waals surface area contributed by atoms with E-state index in [1.807, 2.05) is 30.3 Å². The lowest BCUT2D eigenvalue weighted by atomic mass is 10.1. The fourth-order valence-corrected chi connectivity index (χ4v) is 5.51. The highest BCUT2D eigenvalue weighted by Gasteiger charge is 2.36. The van der Waals surface area contributed by atoms with Crippen molar-refractivity contribution in [1.82, 2.24) is 4.90 Å². The van der Waals surface area contributed by atoms with Gasteiger partial charge in [0.2, 0.25) is 11.8 Å². The van der Waals surface area contributed by atoms with Crippen LogP contribution in [0.1, 0.15) is 50.2 Å². The number of amidine groups is 1. The van der Waals surface area contributed by atoms with Crippen molar-refractivity contribution in [2.45, 2.75) is 56.9 Å². The summed E-state index contributed by atoms with van der Waals surface area (Å²) in [7, 11) is 0. The molecule has 1 saturated heterocycles. The number of aliphatic imine (C=N–C) groups is 1. The summed E-state index contributed by atoms with van der Waals surface area (Å²) >= 11 is 1.07. The predicted octanol–water partition coefficient (Wildman–Crippen LogP) is 7.87. The van der Waals surface area contributed by atoms with E-state index >= 15 is 0 Å². The van der Waals surface area contributed by atoms with Crippen LogP contribution in [0.4, 0.5) is 24.5 Å². The third kappa shape index (κ3) is 9.11. The van der Waals surface area contributed by atoms with Crippen molar-refractivity contribution in [3.8, 4) is 5.75 Å². The molecule has 42 heavy (non-hydrogen) atoms. The lowest BCUT2D eigenvalue weighted by molar-refractivity contribution is -0.137. The molecule has 1 fully saturated rings. The van der Waals surface area contributed by atoms with E-state index in [2.05, 4.69) is 17.2 Å². The van der Waals surface area contributed by atoms with Gasteiger partial charge in [-0.25, -0.2) is 4.99 Å². The van der Waals surface area contributed by atoms with Crippen LogP contribution in [-0.2, 0) is 22.2 Å². The largest absolute Gasteiger partial charge is 0.494 e. The van der Waals surface area contributed by atoms with Crippen LogP contribution in [-0.4, -0.2) is 40.3 Å². The molecule has 0 unspecified atom stereocenters. The zero-order chi connectivity index (χ0) is 30.0. The second-order valence-electron chi connectivity index (χ2n) is 9.96. The van der Waals surface area contributed by atoms with E-state index in [-0.39, 0.29) is 35.6 Å². The van der Waals surface area contributed by atoms with Gasteiger partial charge in [0.05, 0.1) is 17.9 Å². The number of benzene rings is 3. The first-order valence-electron chi connectivity index (χ1n) is 14.0. The summed E-state index contributed by atoms with van der Waals surface area (Å²) in [5.41, 5.74) is 0.766. The molecular weight excluding hydrogens is 563 g/mol. The van der Waals surface area contributed by atoms with Crippen molar-refractivity contribution in [3.63, 3.8) is 0 Å². The maximum atomic E-state index is 13.3. The molecule has 3 aromatic rings. The van der Waals surface area contributed by atoms with Gasteiger partial charge in [0.1, 0.15) is 11.0 Å². The molecule has 1 heterocycles. The molecule has 6 nitrogen and oxygen atoms in total. The number of halogens is 3. The van der Waals surface area contributed by atoms with E-state index in [9.17, 15) is 22.8 Å². The van der Waals surface area contributed by atoms with Crippen LogP contribution < -0.4 is 10.1 Å². The molecule has 0 spiro atoms. The van der Waals surface area contributed by atoms with Crippen LogP contribution in [0.15, 0.2) is 83.9 Å². The Morgan fingerprint density at radius 1 is 1.02 bits per heavy atom. The number of anilines is 1. The van der Waals surface area contributed by atoms with Crippen LogP contribution in [0, 0.1) is 0 Å². The Morgan fingerprint density at radius 3 is 2.50 bits per heavy atom. The molecule has 222 valence electrons. The highest BCUT2D eigenvalue weighted by atomic mass is 32.2. The van der Waals surface area contributed by atoms with Crippen molar-refractivity contribution in [1.29, 1.82) is 0 Å². The Balaban J connectivity index is 1.47. The third-order valence-electron chi connectivity index (χ3n) is 6.69.